The number of methoxy groups -OCH3 is 1. The molecule has 1 fully saturated rings. The van der Waals surface area contributed by atoms with Crippen LogP contribution in [0.2, 0.25) is 0 Å². The quantitative estimate of drug-likeness (QED) is 0.457. The van der Waals surface area contributed by atoms with Crippen molar-refractivity contribution in [2.24, 2.45) is 0 Å². The Morgan fingerprint density at radius 3 is 2.50 bits per heavy atom. The molecule has 0 radical (unpaired) electrons. The van der Waals surface area contributed by atoms with Crippen molar-refractivity contribution in [3.63, 3.8) is 0 Å². The van der Waals surface area contributed by atoms with Crippen molar-refractivity contribution < 1.29 is 9.53 Å². The maximum absolute atomic E-state index is 13.1. The highest BCUT2D eigenvalue weighted by atomic mass is 32.1. The number of nitrogens with zero attached hydrogens (tertiary/aromatic N) is 4. The minimum Gasteiger partial charge on any atom is -0.497 e. The number of carbonyl (C=O) groups excluding carboxylic acids is 1. The van der Waals surface area contributed by atoms with Gasteiger partial charge in [-0.05, 0) is 61.9 Å². The van der Waals surface area contributed by atoms with Crippen LogP contribution in [0.25, 0.3) is 10.2 Å². The maximum Gasteiger partial charge on any atom is 0.253 e. The topological polar surface area (TPSA) is 58.6 Å². The van der Waals surface area contributed by atoms with Crippen LogP contribution < -0.4 is 9.64 Å². The van der Waals surface area contributed by atoms with Crippen molar-refractivity contribution in [1.29, 1.82) is 0 Å². The number of hydrogen-bond donors (Lipinski definition) is 0. The minimum atomic E-state index is 0.0832. The Kier molecular flexibility index (Phi) is 6.73. The van der Waals surface area contributed by atoms with E-state index >= 15 is 0 Å². The second-order valence-corrected chi connectivity index (χ2v) is 10.6. The molecule has 0 spiro atoms. The van der Waals surface area contributed by atoms with Crippen molar-refractivity contribution in [3.05, 3.63) is 46.1 Å². The Bertz CT molecular complexity index is 1170. The third-order valence-corrected chi connectivity index (χ3v) is 8.51. The van der Waals surface area contributed by atoms with E-state index in [0.717, 1.165) is 48.2 Å². The lowest BCUT2D eigenvalue weighted by Gasteiger charge is -2.36. The van der Waals surface area contributed by atoms with Gasteiger partial charge in [-0.1, -0.05) is 20.3 Å². The van der Waals surface area contributed by atoms with Gasteiger partial charge in [0.05, 0.1) is 12.5 Å². The first-order chi connectivity index (χ1) is 16.6. The fourth-order valence-electron chi connectivity index (χ4n) is 5.00. The summed E-state index contributed by atoms with van der Waals surface area (Å²) in [6.07, 6.45) is 7.14. The van der Waals surface area contributed by atoms with Crippen molar-refractivity contribution in [2.75, 3.05) is 38.2 Å². The number of thiophene rings is 1. The SMILES string of the molecule is CCC(C)c1nc(N2CCN(C(=O)c3ccc(OC)cc3)CC2)c2c3c(sc2n1)CCCCC3. The molecule has 0 saturated carbocycles. The van der Waals surface area contributed by atoms with Crippen molar-refractivity contribution in [2.45, 2.75) is 58.3 Å². The molecule has 34 heavy (non-hydrogen) atoms. The monoisotopic (exact) mass is 478 g/mol. The first kappa shape index (κ1) is 23.1. The van der Waals surface area contributed by atoms with Crippen LogP contribution in [0.5, 0.6) is 5.75 Å². The molecule has 1 aliphatic carbocycles. The number of piperazine rings is 1. The summed E-state index contributed by atoms with van der Waals surface area (Å²) in [6, 6.07) is 7.39. The molecule has 1 aromatic carbocycles. The van der Waals surface area contributed by atoms with Gasteiger partial charge in [-0.3, -0.25) is 4.79 Å². The van der Waals surface area contributed by atoms with Crippen molar-refractivity contribution in [1.82, 2.24) is 14.9 Å². The van der Waals surface area contributed by atoms with E-state index in [1.165, 1.54) is 41.5 Å². The Morgan fingerprint density at radius 1 is 1.06 bits per heavy atom. The fraction of sp³-hybridized carbons (Fsp3) is 0.519. The third-order valence-electron chi connectivity index (χ3n) is 7.32. The van der Waals surface area contributed by atoms with Crippen LogP contribution in [0.1, 0.15) is 72.1 Å². The molecule has 2 aliphatic rings. The van der Waals surface area contributed by atoms with E-state index in [-0.39, 0.29) is 5.91 Å². The number of carbonyl (C=O) groups is 1. The van der Waals surface area contributed by atoms with Gasteiger partial charge < -0.3 is 14.5 Å². The van der Waals surface area contributed by atoms with E-state index < -0.39 is 0 Å². The molecule has 0 bridgehead atoms. The third kappa shape index (κ3) is 4.38. The fourth-order valence-corrected chi connectivity index (χ4v) is 6.26. The molecule has 3 heterocycles. The summed E-state index contributed by atoms with van der Waals surface area (Å²) in [6.45, 7) is 7.39. The number of amides is 1. The number of hydrogen-bond acceptors (Lipinski definition) is 6. The highest BCUT2D eigenvalue weighted by molar-refractivity contribution is 7.19. The molecule has 5 rings (SSSR count). The molecule has 180 valence electrons. The Hall–Kier alpha value is -2.67. The summed E-state index contributed by atoms with van der Waals surface area (Å²) < 4.78 is 5.22. The zero-order valence-electron chi connectivity index (χ0n) is 20.5. The number of fused-ring (bicyclic) bond motifs is 3. The van der Waals surface area contributed by atoms with Crippen LogP contribution in [0.4, 0.5) is 5.82 Å². The lowest BCUT2D eigenvalue weighted by Crippen LogP contribution is -2.49. The van der Waals surface area contributed by atoms with Crippen LogP contribution in [-0.2, 0) is 12.8 Å². The highest BCUT2D eigenvalue weighted by Crippen LogP contribution is 2.40. The van der Waals surface area contributed by atoms with E-state index in [1.807, 2.05) is 40.5 Å². The van der Waals surface area contributed by atoms with Crippen LogP contribution in [-0.4, -0.2) is 54.1 Å². The van der Waals surface area contributed by atoms with E-state index in [9.17, 15) is 4.79 Å². The Morgan fingerprint density at radius 2 is 1.79 bits per heavy atom. The van der Waals surface area contributed by atoms with Gasteiger partial charge in [0.15, 0.2) is 0 Å². The number of rotatable bonds is 5. The van der Waals surface area contributed by atoms with Crippen LogP contribution in [0.3, 0.4) is 0 Å². The zero-order valence-corrected chi connectivity index (χ0v) is 21.3. The molecule has 0 N–H and O–H groups in total. The van der Waals surface area contributed by atoms with Gasteiger partial charge in [0.25, 0.3) is 5.91 Å². The first-order valence-electron chi connectivity index (χ1n) is 12.6. The molecular formula is C27H34N4O2S. The van der Waals surface area contributed by atoms with Crippen LogP contribution in [0, 0.1) is 0 Å². The summed E-state index contributed by atoms with van der Waals surface area (Å²) in [5.41, 5.74) is 2.20. The van der Waals surface area contributed by atoms with Gasteiger partial charge in [0.2, 0.25) is 0 Å². The number of ether oxygens (including phenoxy) is 1. The summed E-state index contributed by atoms with van der Waals surface area (Å²) in [5.74, 6) is 3.23. The van der Waals surface area contributed by atoms with Crippen LogP contribution >= 0.6 is 11.3 Å². The predicted octanol–water partition coefficient (Wildman–Crippen LogP) is 5.44. The number of benzene rings is 1. The average Bonchev–Trinajstić information content (AvgIpc) is 3.08. The second-order valence-electron chi connectivity index (χ2n) is 9.47. The van der Waals surface area contributed by atoms with Gasteiger partial charge in [-0.25, -0.2) is 9.97 Å². The Balaban J connectivity index is 1.42. The number of aryl methyl sites for hydroxylation is 2. The minimum absolute atomic E-state index is 0.0832. The van der Waals surface area contributed by atoms with E-state index in [1.54, 1.807) is 7.11 Å². The Labute approximate surface area is 206 Å². The van der Waals surface area contributed by atoms with E-state index in [2.05, 4.69) is 18.7 Å². The largest absolute Gasteiger partial charge is 0.497 e. The standard InChI is InChI=1S/C27H34N4O2S/c1-4-18(2)24-28-25(23-21-8-6-5-7-9-22(21)34-26(23)29-24)30-14-16-31(17-15-30)27(32)19-10-12-20(33-3)13-11-19/h10-13,18H,4-9,14-17H2,1-3H3. The zero-order chi connectivity index (χ0) is 23.7. The van der Waals surface area contributed by atoms with E-state index in [0.29, 0.717) is 24.6 Å². The summed E-state index contributed by atoms with van der Waals surface area (Å²) in [4.78, 5) is 30.3. The van der Waals surface area contributed by atoms with Gasteiger partial charge in [-0.15, -0.1) is 11.3 Å². The van der Waals surface area contributed by atoms with Crippen molar-refractivity contribution in [3.8, 4) is 5.75 Å². The first-order valence-corrected chi connectivity index (χ1v) is 13.4. The van der Waals surface area contributed by atoms with Gasteiger partial charge >= 0.3 is 0 Å². The molecule has 1 unspecified atom stereocenters. The van der Waals surface area contributed by atoms with Gasteiger partial charge in [0.1, 0.15) is 22.2 Å². The van der Waals surface area contributed by atoms with Crippen LogP contribution in [0.15, 0.2) is 24.3 Å². The molecule has 1 atom stereocenters. The molecular weight excluding hydrogens is 444 g/mol. The van der Waals surface area contributed by atoms with Gasteiger partial charge in [0, 0.05) is 42.5 Å². The normalized spacial score (nSPS) is 17.4. The molecule has 1 saturated heterocycles. The summed E-state index contributed by atoms with van der Waals surface area (Å²) in [5, 5.41) is 1.28. The summed E-state index contributed by atoms with van der Waals surface area (Å²) in [7, 11) is 1.64. The maximum atomic E-state index is 13.1. The number of aromatic nitrogens is 2. The van der Waals surface area contributed by atoms with Crippen molar-refractivity contribution >= 4 is 33.3 Å². The lowest BCUT2D eigenvalue weighted by atomic mass is 10.1. The van der Waals surface area contributed by atoms with E-state index in [4.69, 9.17) is 14.7 Å². The molecule has 3 aromatic rings. The molecule has 1 amide bonds. The van der Waals surface area contributed by atoms with Gasteiger partial charge in [-0.2, -0.15) is 0 Å². The smallest absolute Gasteiger partial charge is 0.253 e. The highest BCUT2D eigenvalue weighted by Gasteiger charge is 2.28. The lowest BCUT2D eigenvalue weighted by molar-refractivity contribution is 0.0746. The number of anilines is 1. The summed E-state index contributed by atoms with van der Waals surface area (Å²) >= 11 is 1.89. The molecule has 7 heteroatoms. The predicted molar refractivity (Wildman–Crippen MR) is 138 cm³/mol. The molecule has 1 aliphatic heterocycles. The molecule has 2 aromatic heterocycles. The molecule has 6 nitrogen and oxygen atoms in total. The second kappa shape index (κ2) is 9.90. The average molecular weight is 479 g/mol.